The number of anilines is 1. The summed E-state index contributed by atoms with van der Waals surface area (Å²) in [5, 5.41) is 2.93. The summed E-state index contributed by atoms with van der Waals surface area (Å²) in [6.45, 7) is 4.77. The summed E-state index contributed by atoms with van der Waals surface area (Å²) in [6.07, 6.45) is 4.41. The highest BCUT2D eigenvalue weighted by molar-refractivity contribution is 5.90. The van der Waals surface area contributed by atoms with Crippen molar-refractivity contribution >= 4 is 11.6 Å². The minimum absolute atomic E-state index is 0.0497. The van der Waals surface area contributed by atoms with Crippen LogP contribution in [0.15, 0.2) is 42.7 Å². The third-order valence-corrected chi connectivity index (χ3v) is 2.77. The zero-order valence-corrected chi connectivity index (χ0v) is 10.8. The summed E-state index contributed by atoms with van der Waals surface area (Å²) in [5.41, 5.74) is 3.21. The molecule has 2 rings (SSSR count). The minimum Gasteiger partial charge on any atom is -0.354 e. The van der Waals surface area contributed by atoms with Gasteiger partial charge in [-0.25, -0.2) is 0 Å². The molecule has 0 radical (unpaired) electrons. The van der Waals surface area contributed by atoms with Crippen LogP contribution in [0.5, 0.6) is 0 Å². The molecule has 0 aliphatic carbocycles. The number of hydrogen-bond donors (Lipinski definition) is 1. The Morgan fingerprint density at radius 1 is 1.11 bits per heavy atom. The van der Waals surface area contributed by atoms with Gasteiger partial charge in [0.1, 0.15) is 0 Å². The SMILES string of the molecule is Cc1cc(C)cc(NC(=O)CCn2cccc2)c1. The van der Waals surface area contributed by atoms with E-state index in [9.17, 15) is 4.79 Å². The van der Waals surface area contributed by atoms with Crippen LogP contribution in [0.3, 0.4) is 0 Å². The molecule has 1 amide bonds. The van der Waals surface area contributed by atoms with Crippen molar-refractivity contribution in [1.82, 2.24) is 4.57 Å². The molecule has 1 aromatic heterocycles. The zero-order chi connectivity index (χ0) is 13.0. The first kappa shape index (κ1) is 12.4. The maximum Gasteiger partial charge on any atom is 0.226 e. The van der Waals surface area contributed by atoms with Gasteiger partial charge < -0.3 is 9.88 Å². The van der Waals surface area contributed by atoms with Crippen LogP contribution in [-0.4, -0.2) is 10.5 Å². The summed E-state index contributed by atoms with van der Waals surface area (Å²) in [4.78, 5) is 11.8. The van der Waals surface area contributed by atoms with E-state index in [0.29, 0.717) is 13.0 Å². The molecule has 1 heterocycles. The summed E-state index contributed by atoms with van der Waals surface area (Å²) >= 11 is 0. The Balaban J connectivity index is 1.90. The predicted molar refractivity (Wildman–Crippen MR) is 73.6 cm³/mol. The van der Waals surface area contributed by atoms with Gasteiger partial charge in [-0.05, 0) is 49.2 Å². The van der Waals surface area contributed by atoms with Gasteiger partial charge in [-0.2, -0.15) is 0 Å². The lowest BCUT2D eigenvalue weighted by molar-refractivity contribution is -0.116. The van der Waals surface area contributed by atoms with Crippen LogP contribution in [0.1, 0.15) is 17.5 Å². The molecule has 0 atom stereocenters. The van der Waals surface area contributed by atoms with Crippen molar-refractivity contribution in [2.75, 3.05) is 5.32 Å². The van der Waals surface area contributed by atoms with Crippen molar-refractivity contribution in [3.8, 4) is 0 Å². The van der Waals surface area contributed by atoms with Crippen LogP contribution < -0.4 is 5.32 Å². The third-order valence-electron chi connectivity index (χ3n) is 2.77. The Hall–Kier alpha value is -2.03. The van der Waals surface area contributed by atoms with Gasteiger partial charge in [-0.3, -0.25) is 4.79 Å². The maximum atomic E-state index is 11.8. The number of hydrogen-bond acceptors (Lipinski definition) is 1. The van der Waals surface area contributed by atoms with Gasteiger partial charge in [0, 0.05) is 31.0 Å². The predicted octanol–water partition coefficient (Wildman–Crippen LogP) is 3.13. The fourth-order valence-electron chi connectivity index (χ4n) is 2.02. The van der Waals surface area contributed by atoms with Crippen molar-refractivity contribution in [1.29, 1.82) is 0 Å². The first-order chi connectivity index (χ1) is 8.63. The van der Waals surface area contributed by atoms with Crippen molar-refractivity contribution in [3.05, 3.63) is 53.9 Å². The molecule has 0 bridgehead atoms. The number of aryl methyl sites for hydroxylation is 3. The molecule has 1 aromatic carbocycles. The summed E-state index contributed by atoms with van der Waals surface area (Å²) in [6, 6.07) is 9.99. The van der Waals surface area contributed by atoms with Crippen molar-refractivity contribution in [2.45, 2.75) is 26.8 Å². The van der Waals surface area contributed by atoms with E-state index in [1.165, 1.54) is 0 Å². The van der Waals surface area contributed by atoms with Gasteiger partial charge in [-0.15, -0.1) is 0 Å². The van der Waals surface area contributed by atoms with Gasteiger partial charge in [0.2, 0.25) is 5.91 Å². The Morgan fingerprint density at radius 3 is 2.33 bits per heavy atom. The monoisotopic (exact) mass is 242 g/mol. The standard InChI is InChI=1S/C15H18N2O/c1-12-9-13(2)11-14(10-12)16-15(18)5-8-17-6-3-4-7-17/h3-4,6-7,9-11H,5,8H2,1-2H3,(H,16,18). The highest BCUT2D eigenvalue weighted by atomic mass is 16.1. The van der Waals surface area contributed by atoms with Gasteiger partial charge in [0.15, 0.2) is 0 Å². The highest BCUT2D eigenvalue weighted by Gasteiger charge is 2.03. The number of amides is 1. The average Bonchev–Trinajstić information content (AvgIpc) is 2.77. The van der Waals surface area contributed by atoms with Crippen LogP contribution in [0.25, 0.3) is 0 Å². The van der Waals surface area contributed by atoms with Crippen LogP contribution in [0.2, 0.25) is 0 Å². The first-order valence-corrected chi connectivity index (χ1v) is 6.12. The van der Waals surface area contributed by atoms with Gasteiger partial charge >= 0.3 is 0 Å². The molecule has 0 aliphatic rings. The fourth-order valence-corrected chi connectivity index (χ4v) is 2.02. The molecule has 94 valence electrons. The van der Waals surface area contributed by atoms with E-state index in [2.05, 4.69) is 11.4 Å². The lowest BCUT2D eigenvalue weighted by atomic mass is 10.1. The molecule has 0 saturated heterocycles. The molecule has 0 spiro atoms. The summed E-state index contributed by atoms with van der Waals surface area (Å²) in [5.74, 6) is 0.0497. The third kappa shape index (κ3) is 3.48. The molecule has 0 fully saturated rings. The van der Waals surface area contributed by atoms with Crippen LogP contribution in [0, 0.1) is 13.8 Å². The van der Waals surface area contributed by atoms with E-state index in [4.69, 9.17) is 0 Å². The lowest BCUT2D eigenvalue weighted by Crippen LogP contribution is -2.14. The molecule has 3 heteroatoms. The highest BCUT2D eigenvalue weighted by Crippen LogP contribution is 2.14. The van der Waals surface area contributed by atoms with E-state index in [-0.39, 0.29) is 5.91 Å². The van der Waals surface area contributed by atoms with Crippen molar-refractivity contribution in [2.24, 2.45) is 0 Å². The summed E-state index contributed by atoms with van der Waals surface area (Å²) < 4.78 is 2.00. The smallest absolute Gasteiger partial charge is 0.226 e. The maximum absolute atomic E-state index is 11.8. The molecule has 0 aliphatic heterocycles. The fraction of sp³-hybridized carbons (Fsp3) is 0.267. The Bertz CT molecular complexity index is 509. The molecule has 3 nitrogen and oxygen atoms in total. The van der Waals surface area contributed by atoms with Crippen LogP contribution in [0.4, 0.5) is 5.69 Å². The molecule has 1 N–H and O–H groups in total. The second kappa shape index (κ2) is 5.54. The number of aromatic nitrogens is 1. The number of benzene rings is 1. The van der Waals surface area contributed by atoms with Crippen molar-refractivity contribution in [3.63, 3.8) is 0 Å². The number of carbonyl (C=O) groups excluding carboxylic acids is 1. The first-order valence-electron chi connectivity index (χ1n) is 6.12. The Morgan fingerprint density at radius 2 is 1.72 bits per heavy atom. The van der Waals surface area contributed by atoms with E-state index in [0.717, 1.165) is 16.8 Å². The average molecular weight is 242 g/mol. The quantitative estimate of drug-likeness (QED) is 0.878. The topological polar surface area (TPSA) is 34.0 Å². The summed E-state index contributed by atoms with van der Waals surface area (Å²) in [7, 11) is 0. The van der Waals surface area contributed by atoms with E-state index in [1.54, 1.807) is 0 Å². The van der Waals surface area contributed by atoms with E-state index in [1.807, 2.05) is 55.1 Å². The molecule has 0 saturated carbocycles. The van der Waals surface area contributed by atoms with Gasteiger partial charge in [0.25, 0.3) is 0 Å². The number of carbonyl (C=O) groups is 1. The van der Waals surface area contributed by atoms with Gasteiger partial charge in [-0.1, -0.05) is 6.07 Å². The lowest BCUT2D eigenvalue weighted by Gasteiger charge is -2.08. The number of rotatable bonds is 4. The zero-order valence-electron chi connectivity index (χ0n) is 10.8. The Labute approximate surface area is 107 Å². The molecular formula is C15H18N2O. The normalized spacial score (nSPS) is 10.3. The van der Waals surface area contributed by atoms with E-state index < -0.39 is 0 Å². The van der Waals surface area contributed by atoms with Crippen molar-refractivity contribution < 1.29 is 4.79 Å². The molecule has 0 unspecified atom stereocenters. The van der Waals surface area contributed by atoms with E-state index >= 15 is 0 Å². The Kier molecular flexibility index (Phi) is 3.82. The molecule has 2 aromatic rings. The molecular weight excluding hydrogens is 224 g/mol. The van der Waals surface area contributed by atoms with Gasteiger partial charge in [0.05, 0.1) is 0 Å². The minimum atomic E-state index is 0.0497. The number of nitrogens with one attached hydrogen (secondary N) is 1. The second-order valence-corrected chi connectivity index (χ2v) is 4.60. The number of nitrogens with zero attached hydrogens (tertiary/aromatic N) is 1. The van der Waals surface area contributed by atoms with Crippen LogP contribution >= 0.6 is 0 Å². The second-order valence-electron chi connectivity index (χ2n) is 4.60. The largest absolute Gasteiger partial charge is 0.354 e. The molecule has 18 heavy (non-hydrogen) atoms. The van der Waals surface area contributed by atoms with Crippen LogP contribution in [-0.2, 0) is 11.3 Å².